The van der Waals surface area contributed by atoms with Crippen molar-refractivity contribution in [1.82, 2.24) is 0 Å². The van der Waals surface area contributed by atoms with Crippen LogP contribution in [0.3, 0.4) is 0 Å². The van der Waals surface area contributed by atoms with Gasteiger partial charge < -0.3 is 10.5 Å². The number of hydrogen-bond donors (Lipinski definition) is 1. The second-order valence-corrected chi connectivity index (χ2v) is 4.61. The van der Waals surface area contributed by atoms with Crippen LogP contribution >= 0.6 is 0 Å². The van der Waals surface area contributed by atoms with E-state index in [1.165, 1.54) is 6.07 Å². The predicted octanol–water partition coefficient (Wildman–Crippen LogP) is 3.29. The monoisotopic (exact) mass is 253 g/mol. The van der Waals surface area contributed by atoms with Crippen LogP contribution < -0.4 is 5.73 Å². The van der Waals surface area contributed by atoms with Gasteiger partial charge >= 0.3 is 0 Å². The maximum Gasteiger partial charge on any atom is 0.126 e. The van der Waals surface area contributed by atoms with Crippen LogP contribution in [-0.2, 0) is 11.2 Å². The number of rotatable bonds is 7. The lowest BCUT2D eigenvalue weighted by Crippen LogP contribution is -2.50. The molecule has 2 N–H and O–H groups in total. The van der Waals surface area contributed by atoms with Crippen molar-refractivity contribution >= 4 is 0 Å². The van der Waals surface area contributed by atoms with Gasteiger partial charge in [0.05, 0.1) is 5.60 Å². The van der Waals surface area contributed by atoms with Gasteiger partial charge in [-0.25, -0.2) is 4.39 Å². The van der Waals surface area contributed by atoms with Gasteiger partial charge in [0.2, 0.25) is 0 Å². The Bertz CT molecular complexity index is 363. The Morgan fingerprint density at radius 3 is 2.33 bits per heavy atom. The van der Waals surface area contributed by atoms with E-state index in [4.69, 9.17) is 10.5 Å². The molecule has 1 atom stereocenters. The van der Waals surface area contributed by atoms with Gasteiger partial charge in [-0.05, 0) is 37.8 Å². The molecule has 0 spiro atoms. The van der Waals surface area contributed by atoms with E-state index in [0.717, 1.165) is 12.8 Å². The molecule has 2 nitrogen and oxygen atoms in total. The molecular weight excluding hydrogens is 229 g/mol. The first kappa shape index (κ1) is 15.1. The number of ether oxygens (including phenoxy) is 1. The van der Waals surface area contributed by atoms with Crippen LogP contribution in [0, 0.1) is 5.82 Å². The minimum atomic E-state index is -0.350. The number of halogens is 1. The molecule has 0 aromatic heterocycles. The average Bonchev–Trinajstić information content (AvgIpc) is 2.38. The quantitative estimate of drug-likeness (QED) is 0.809. The second-order valence-electron chi connectivity index (χ2n) is 4.61. The van der Waals surface area contributed by atoms with Gasteiger partial charge in [-0.3, -0.25) is 0 Å². The van der Waals surface area contributed by atoms with Gasteiger partial charge in [-0.15, -0.1) is 0 Å². The van der Waals surface area contributed by atoms with E-state index < -0.39 is 0 Å². The van der Waals surface area contributed by atoms with Crippen LogP contribution in [0.4, 0.5) is 4.39 Å². The minimum absolute atomic E-state index is 0.189. The highest BCUT2D eigenvalue weighted by molar-refractivity contribution is 5.19. The SMILES string of the molecule is CCOC(CC)(CC)C(N)Cc1ccccc1F. The Morgan fingerprint density at radius 2 is 1.83 bits per heavy atom. The molecule has 0 aliphatic rings. The summed E-state index contributed by atoms with van der Waals surface area (Å²) in [5.74, 6) is -0.189. The molecule has 0 heterocycles. The summed E-state index contributed by atoms with van der Waals surface area (Å²) in [5, 5.41) is 0. The molecule has 0 radical (unpaired) electrons. The summed E-state index contributed by atoms with van der Waals surface area (Å²) in [5.41, 5.74) is 6.58. The zero-order chi connectivity index (χ0) is 13.6. The van der Waals surface area contributed by atoms with E-state index in [0.29, 0.717) is 18.6 Å². The maximum absolute atomic E-state index is 13.6. The van der Waals surface area contributed by atoms with E-state index >= 15 is 0 Å². The third kappa shape index (κ3) is 3.30. The molecule has 1 unspecified atom stereocenters. The van der Waals surface area contributed by atoms with Crippen LogP contribution in [-0.4, -0.2) is 18.2 Å². The van der Waals surface area contributed by atoms with Crippen molar-refractivity contribution in [2.45, 2.75) is 51.7 Å². The largest absolute Gasteiger partial charge is 0.374 e. The van der Waals surface area contributed by atoms with Gasteiger partial charge in [0.1, 0.15) is 5.82 Å². The molecule has 0 bridgehead atoms. The fourth-order valence-corrected chi connectivity index (χ4v) is 2.46. The highest BCUT2D eigenvalue weighted by atomic mass is 19.1. The summed E-state index contributed by atoms with van der Waals surface area (Å²) in [4.78, 5) is 0. The molecule has 1 rings (SSSR count). The predicted molar refractivity (Wildman–Crippen MR) is 73.0 cm³/mol. The minimum Gasteiger partial charge on any atom is -0.374 e. The first-order valence-electron chi connectivity index (χ1n) is 6.72. The van der Waals surface area contributed by atoms with Crippen molar-refractivity contribution in [3.8, 4) is 0 Å². The molecule has 1 aromatic carbocycles. The van der Waals surface area contributed by atoms with E-state index in [2.05, 4.69) is 13.8 Å². The smallest absolute Gasteiger partial charge is 0.126 e. The average molecular weight is 253 g/mol. The molecule has 0 amide bonds. The molecule has 0 fully saturated rings. The highest BCUT2D eigenvalue weighted by Crippen LogP contribution is 2.26. The molecule has 0 saturated carbocycles. The van der Waals surface area contributed by atoms with Gasteiger partial charge in [-0.1, -0.05) is 32.0 Å². The first-order chi connectivity index (χ1) is 8.59. The summed E-state index contributed by atoms with van der Waals surface area (Å²) < 4.78 is 19.5. The number of hydrogen-bond acceptors (Lipinski definition) is 2. The molecule has 0 aliphatic heterocycles. The van der Waals surface area contributed by atoms with E-state index in [1.54, 1.807) is 12.1 Å². The molecule has 3 heteroatoms. The van der Waals surface area contributed by atoms with E-state index in [-0.39, 0.29) is 17.5 Å². The lowest BCUT2D eigenvalue weighted by Gasteiger charge is -2.37. The van der Waals surface area contributed by atoms with Crippen LogP contribution in [0.15, 0.2) is 24.3 Å². The summed E-state index contributed by atoms with van der Waals surface area (Å²) in [6.45, 7) is 6.74. The third-order valence-electron chi connectivity index (χ3n) is 3.70. The fraction of sp³-hybridized carbons (Fsp3) is 0.600. The number of nitrogens with two attached hydrogens (primary N) is 1. The normalized spacial score (nSPS) is 13.6. The van der Waals surface area contributed by atoms with E-state index in [1.807, 2.05) is 13.0 Å². The molecule has 0 aliphatic carbocycles. The Morgan fingerprint density at radius 1 is 1.22 bits per heavy atom. The van der Waals surface area contributed by atoms with Crippen LogP contribution in [0.25, 0.3) is 0 Å². The van der Waals surface area contributed by atoms with Gasteiger partial charge in [0.25, 0.3) is 0 Å². The lowest BCUT2D eigenvalue weighted by atomic mass is 9.85. The third-order valence-corrected chi connectivity index (χ3v) is 3.70. The first-order valence-corrected chi connectivity index (χ1v) is 6.72. The summed E-state index contributed by atoms with van der Waals surface area (Å²) in [6, 6.07) is 6.61. The van der Waals surface area contributed by atoms with Crippen LogP contribution in [0.1, 0.15) is 39.2 Å². The van der Waals surface area contributed by atoms with E-state index in [9.17, 15) is 4.39 Å². The summed E-state index contributed by atoms with van der Waals surface area (Å²) >= 11 is 0. The molecule has 18 heavy (non-hydrogen) atoms. The Hall–Kier alpha value is -0.930. The van der Waals surface area contributed by atoms with Crippen molar-refractivity contribution < 1.29 is 9.13 Å². The summed E-state index contributed by atoms with van der Waals surface area (Å²) in [6.07, 6.45) is 2.19. The van der Waals surface area contributed by atoms with Crippen molar-refractivity contribution in [1.29, 1.82) is 0 Å². The van der Waals surface area contributed by atoms with Gasteiger partial charge in [0, 0.05) is 12.6 Å². The molecule has 0 saturated heterocycles. The Balaban J connectivity index is 2.85. The zero-order valence-electron chi connectivity index (χ0n) is 11.6. The van der Waals surface area contributed by atoms with Crippen molar-refractivity contribution in [2.24, 2.45) is 5.73 Å². The van der Waals surface area contributed by atoms with Crippen molar-refractivity contribution in [3.63, 3.8) is 0 Å². The topological polar surface area (TPSA) is 35.2 Å². The summed E-state index contributed by atoms with van der Waals surface area (Å²) in [7, 11) is 0. The fourth-order valence-electron chi connectivity index (χ4n) is 2.46. The number of benzene rings is 1. The van der Waals surface area contributed by atoms with Gasteiger partial charge in [0.15, 0.2) is 0 Å². The van der Waals surface area contributed by atoms with Crippen LogP contribution in [0.5, 0.6) is 0 Å². The molecule has 102 valence electrons. The van der Waals surface area contributed by atoms with Crippen LogP contribution in [0.2, 0.25) is 0 Å². The second kappa shape index (κ2) is 6.86. The maximum atomic E-state index is 13.6. The Labute approximate surface area is 109 Å². The lowest BCUT2D eigenvalue weighted by molar-refractivity contribution is -0.0634. The molecular formula is C15H24FNO. The molecule has 1 aromatic rings. The van der Waals surface area contributed by atoms with Gasteiger partial charge in [-0.2, -0.15) is 0 Å². The standard InChI is InChI=1S/C15H24FNO/c1-4-15(5-2,18-6-3)14(17)11-12-9-7-8-10-13(12)16/h7-10,14H,4-6,11,17H2,1-3H3. The van der Waals surface area contributed by atoms with Crippen molar-refractivity contribution in [2.75, 3.05) is 6.61 Å². The van der Waals surface area contributed by atoms with Crippen molar-refractivity contribution in [3.05, 3.63) is 35.6 Å². The Kier molecular flexibility index (Phi) is 5.76. The highest BCUT2D eigenvalue weighted by Gasteiger charge is 2.34. The zero-order valence-corrected chi connectivity index (χ0v) is 11.6.